The first-order valence-corrected chi connectivity index (χ1v) is 7.41. The molecule has 0 aliphatic heterocycles. The van der Waals surface area contributed by atoms with Crippen molar-refractivity contribution in [2.75, 3.05) is 5.75 Å². The second-order valence-electron chi connectivity index (χ2n) is 3.79. The molecule has 0 fully saturated rings. The molecule has 1 aromatic heterocycles. The molecule has 4 nitrogen and oxygen atoms in total. The molecule has 1 heterocycles. The molecule has 90 valence electrons. The Balaban J connectivity index is 2.84. The molecule has 0 aliphatic carbocycles. The van der Waals surface area contributed by atoms with Crippen molar-refractivity contribution < 1.29 is 8.42 Å². The van der Waals surface area contributed by atoms with Crippen molar-refractivity contribution in [3.8, 4) is 0 Å². The minimum absolute atomic E-state index is 0.0129. The summed E-state index contributed by atoms with van der Waals surface area (Å²) in [5.41, 5.74) is -0.192. The van der Waals surface area contributed by atoms with E-state index in [0.29, 0.717) is 0 Å². The highest BCUT2D eigenvalue weighted by Crippen LogP contribution is 2.06. The van der Waals surface area contributed by atoms with Gasteiger partial charge in [0.2, 0.25) is 0 Å². The summed E-state index contributed by atoms with van der Waals surface area (Å²) in [6.07, 6.45) is 1.60. The van der Waals surface area contributed by atoms with Crippen LogP contribution in [-0.4, -0.2) is 24.0 Å². The fourth-order valence-electron chi connectivity index (χ4n) is 1.14. The predicted octanol–water partition coefficient (Wildman–Crippen LogP) is 1.43. The second-order valence-corrected chi connectivity index (χ2v) is 7.39. The minimum atomic E-state index is -3.10. The van der Waals surface area contributed by atoms with Gasteiger partial charge >= 0.3 is 0 Å². The van der Waals surface area contributed by atoms with Gasteiger partial charge in [-0.3, -0.25) is 4.79 Å². The largest absolute Gasteiger partial charge is 0.313 e. The molecule has 0 saturated heterocycles. The maximum Gasteiger partial charge on any atom is 0.250 e. The molecule has 0 aromatic carbocycles. The lowest BCUT2D eigenvalue weighted by Crippen LogP contribution is -2.26. The number of rotatable bonds is 4. The first-order valence-electron chi connectivity index (χ1n) is 4.90. The Kier molecular flexibility index (Phi) is 4.32. The highest BCUT2D eigenvalue weighted by molar-refractivity contribution is 9.10. The standard InChI is InChI=1S/C10H14BrNO3S/c1-8(2)16(14,15)6-5-12-7-9(11)3-4-10(12)13/h3-4,7-8H,5-6H2,1-2H3. The van der Waals surface area contributed by atoms with Crippen LogP contribution in [0.4, 0.5) is 0 Å². The fraction of sp³-hybridized carbons (Fsp3) is 0.500. The Bertz CT molecular complexity index is 519. The van der Waals surface area contributed by atoms with E-state index in [2.05, 4.69) is 15.9 Å². The summed E-state index contributed by atoms with van der Waals surface area (Å²) in [6, 6.07) is 3.04. The van der Waals surface area contributed by atoms with Crippen molar-refractivity contribution in [2.24, 2.45) is 0 Å². The van der Waals surface area contributed by atoms with Crippen LogP contribution < -0.4 is 5.56 Å². The predicted molar refractivity (Wildman–Crippen MR) is 67.3 cm³/mol. The Morgan fingerprint density at radius 2 is 2.00 bits per heavy atom. The van der Waals surface area contributed by atoms with E-state index in [-0.39, 0.29) is 17.9 Å². The number of halogens is 1. The van der Waals surface area contributed by atoms with Gasteiger partial charge < -0.3 is 4.57 Å². The number of hydrogen-bond acceptors (Lipinski definition) is 3. The van der Waals surface area contributed by atoms with Crippen molar-refractivity contribution in [3.05, 3.63) is 33.2 Å². The Morgan fingerprint density at radius 3 is 2.56 bits per heavy atom. The van der Waals surface area contributed by atoms with Gasteiger partial charge in [-0.05, 0) is 35.8 Å². The monoisotopic (exact) mass is 307 g/mol. The van der Waals surface area contributed by atoms with Gasteiger partial charge in [-0.2, -0.15) is 0 Å². The van der Waals surface area contributed by atoms with E-state index >= 15 is 0 Å². The zero-order valence-electron chi connectivity index (χ0n) is 9.18. The summed E-state index contributed by atoms with van der Waals surface area (Å²) >= 11 is 3.24. The molecule has 6 heteroatoms. The summed E-state index contributed by atoms with van der Waals surface area (Å²) in [7, 11) is -3.10. The van der Waals surface area contributed by atoms with Crippen LogP contribution in [0.3, 0.4) is 0 Å². The van der Waals surface area contributed by atoms with E-state index in [0.717, 1.165) is 4.47 Å². The van der Waals surface area contributed by atoms with Crippen LogP contribution in [0.2, 0.25) is 0 Å². The first-order chi connectivity index (χ1) is 7.33. The van der Waals surface area contributed by atoms with Crippen LogP contribution in [0.15, 0.2) is 27.6 Å². The van der Waals surface area contributed by atoms with Crippen LogP contribution in [0.5, 0.6) is 0 Å². The van der Waals surface area contributed by atoms with Gasteiger partial charge in [0.05, 0.1) is 11.0 Å². The quantitative estimate of drug-likeness (QED) is 0.845. The molecular formula is C10H14BrNO3S. The van der Waals surface area contributed by atoms with E-state index in [9.17, 15) is 13.2 Å². The normalized spacial score (nSPS) is 12.0. The molecule has 16 heavy (non-hydrogen) atoms. The summed E-state index contributed by atoms with van der Waals surface area (Å²) < 4.78 is 25.3. The maximum atomic E-state index is 11.6. The molecule has 0 bridgehead atoms. The highest BCUT2D eigenvalue weighted by Gasteiger charge is 2.15. The third kappa shape index (κ3) is 3.45. The van der Waals surface area contributed by atoms with Gasteiger partial charge in [0.15, 0.2) is 9.84 Å². The van der Waals surface area contributed by atoms with Gasteiger partial charge in [0.25, 0.3) is 5.56 Å². The molecule has 0 saturated carbocycles. The van der Waals surface area contributed by atoms with E-state index in [1.165, 1.54) is 10.6 Å². The number of hydrogen-bond donors (Lipinski definition) is 0. The van der Waals surface area contributed by atoms with E-state index in [1.807, 2.05) is 0 Å². The van der Waals surface area contributed by atoms with Gasteiger partial charge in [0.1, 0.15) is 0 Å². The number of aryl methyl sites for hydroxylation is 1. The average Bonchev–Trinajstić information content (AvgIpc) is 2.19. The average molecular weight is 308 g/mol. The topological polar surface area (TPSA) is 56.1 Å². The lowest BCUT2D eigenvalue weighted by Gasteiger charge is -2.09. The third-order valence-corrected chi connectivity index (χ3v) is 4.94. The molecule has 0 unspecified atom stereocenters. The Morgan fingerprint density at radius 1 is 1.38 bits per heavy atom. The molecule has 0 amide bonds. The number of aromatic nitrogens is 1. The maximum absolute atomic E-state index is 11.6. The molecule has 0 aliphatic rings. The van der Waals surface area contributed by atoms with Crippen molar-refractivity contribution >= 4 is 25.8 Å². The van der Waals surface area contributed by atoms with Gasteiger partial charge in [-0.1, -0.05) is 0 Å². The summed E-state index contributed by atoms with van der Waals surface area (Å²) in [4.78, 5) is 11.4. The van der Waals surface area contributed by atoms with Crippen LogP contribution >= 0.6 is 15.9 Å². The van der Waals surface area contributed by atoms with Crippen molar-refractivity contribution in [3.63, 3.8) is 0 Å². The van der Waals surface area contributed by atoms with Crippen LogP contribution in [0.25, 0.3) is 0 Å². The SMILES string of the molecule is CC(C)S(=O)(=O)CCn1cc(Br)ccc1=O. The number of pyridine rings is 1. The third-order valence-electron chi connectivity index (χ3n) is 2.28. The number of nitrogens with zero attached hydrogens (tertiary/aromatic N) is 1. The molecule has 0 N–H and O–H groups in total. The molecular weight excluding hydrogens is 294 g/mol. The molecule has 1 aromatic rings. The van der Waals surface area contributed by atoms with Crippen LogP contribution in [-0.2, 0) is 16.4 Å². The lowest BCUT2D eigenvalue weighted by atomic mass is 10.5. The fourth-order valence-corrected chi connectivity index (χ4v) is 2.44. The summed E-state index contributed by atoms with van der Waals surface area (Å²) in [5, 5.41) is -0.407. The van der Waals surface area contributed by atoms with Crippen LogP contribution in [0, 0.1) is 0 Å². The molecule has 0 radical (unpaired) electrons. The zero-order chi connectivity index (χ0) is 12.3. The first kappa shape index (κ1) is 13.4. The molecule has 0 atom stereocenters. The highest BCUT2D eigenvalue weighted by atomic mass is 79.9. The van der Waals surface area contributed by atoms with Crippen molar-refractivity contribution in [1.82, 2.24) is 4.57 Å². The van der Waals surface area contributed by atoms with E-state index in [4.69, 9.17) is 0 Å². The smallest absolute Gasteiger partial charge is 0.250 e. The Hall–Kier alpha value is -0.620. The molecule has 1 rings (SSSR count). The second kappa shape index (κ2) is 5.14. The lowest BCUT2D eigenvalue weighted by molar-refractivity contribution is 0.578. The van der Waals surface area contributed by atoms with Gasteiger partial charge in [0, 0.05) is 23.3 Å². The van der Waals surface area contributed by atoms with Crippen molar-refractivity contribution in [2.45, 2.75) is 25.6 Å². The molecule has 0 spiro atoms. The van der Waals surface area contributed by atoms with Crippen molar-refractivity contribution in [1.29, 1.82) is 0 Å². The summed E-state index contributed by atoms with van der Waals surface area (Å²) in [6.45, 7) is 3.47. The van der Waals surface area contributed by atoms with Gasteiger partial charge in [-0.15, -0.1) is 0 Å². The summed E-state index contributed by atoms with van der Waals surface area (Å²) in [5.74, 6) is -0.0129. The Labute approximate surface area is 103 Å². The number of sulfone groups is 1. The zero-order valence-corrected chi connectivity index (χ0v) is 11.6. The van der Waals surface area contributed by atoms with Gasteiger partial charge in [-0.25, -0.2) is 8.42 Å². The van der Waals surface area contributed by atoms with Crippen LogP contribution in [0.1, 0.15) is 13.8 Å². The minimum Gasteiger partial charge on any atom is -0.313 e. The van der Waals surface area contributed by atoms with E-state index in [1.54, 1.807) is 26.1 Å². The van der Waals surface area contributed by atoms with E-state index < -0.39 is 15.1 Å².